The Morgan fingerprint density at radius 1 is 1.14 bits per heavy atom. The van der Waals surface area contributed by atoms with E-state index >= 15 is 0 Å². The Labute approximate surface area is 208 Å². The van der Waals surface area contributed by atoms with Gasteiger partial charge in [0.25, 0.3) is 17.5 Å². The Bertz CT molecular complexity index is 1250. The number of fused-ring (bicyclic) bond motifs is 1. The van der Waals surface area contributed by atoms with E-state index in [-0.39, 0.29) is 36.9 Å². The van der Waals surface area contributed by atoms with Crippen LogP contribution in [0.3, 0.4) is 0 Å². The predicted octanol–water partition coefficient (Wildman–Crippen LogP) is 2.77. The van der Waals surface area contributed by atoms with Gasteiger partial charge in [-0.15, -0.1) is 0 Å². The highest BCUT2D eigenvalue weighted by Crippen LogP contribution is 2.36. The highest BCUT2D eigenvalue weighted by molar-refractivity contribution is 8.26. The Morgan fingerprint density at radius 3 is 2.63 bits per heavy atom. The minimum atomic E-state index is -0.612. The smallest absolute Gasteiger partial charge is 0.269 e. The molecule has 180 valence electrons. The number of rotatable bonds is 7. The molecular formula is C22H18N4O7S2. The number of thioether (sulfide) groups is 1. The van der Waals surface area contributed by atoms with Crippen molar-refractivity contribution in [3.63, 3.8) is 0 Å². The van der Waals surface area contributed by atoms with Crippen LogP contribution < -0.4 is 20.3 Å². The number of carbonyl (C=O) groups is 3. The van der Waals surface area contributed by atoms with E-state index < -0.39 is 16.7 Å². The monoisotopic (exact) mass is 514 g/mol. The van der Waals surface area contributed by atoms with Crippen LogP contribution in [0.25, 0.3) is 6.08 Å². The molecule has 35 heavy (non-hydrogen) atoms. The van der Waals surface area contributed by atoms with E-state index in [2.05, 4.69) is 10.9 Å². The Morgan fingerprint density at radius 2 is 1.89 bits per heavy atom. The second-order valence-corrected chi connectivity index (χ2v) is 9.03. The molecule has 0 aromatic heterocycles. The maximum atomic E-state index is 12.8. The summed E-state index contributed by atoms with van der Waals surface area (Å²) in [5.74, 6) is -0.0529. The fraction of sp³-hybridized carbons (Fsp3) is 0.182. The summed E-state index contributed by atoms with van der Waals surface area (Å²) in [5.41, 5.74) is 5.31. The third-order valence-electron chi connectivity index (χ3n) is 5.01. The van der Waals surface area contributed by atoms with Crippen molar-refractivity contribution >= 4 is 57.8 Å². The summed E-state index contributed by atoms with van der Waals surface area (Å²) >= 11 is 6.50. The number of non-ortho nitro benzene ring substituents is 1. The van der Waals surface area contributed by atoms with Crippen molar-refractivity contribution < 1.29 is 28.8 Å². The zero-order chi connectivity index (χ0) is 24.9. The van der Waals surface area contributed by atoms with Gasteiger partial charge < -0.3 is 9.47 Å². The van der Waals surface area contributed by atoms with Crippen LogP contribution in [0.1, 0.15) is 28.8 Å². The molecule has 11 nitrogen and oxygen atoms in total. The fourth-order valence-electron chi connectivity index (χ4n) is 3.24. The maximum Gasteiger partial charge on any atom is 0.269 e. The van der Waals surface area contributed by atoms with Crippen molar-refractivity contribution in [2.24, 2.45) is 0 Å². The van der Waals surface area contributed by atoms with Gasteiger partial charge in [-0.1, -0.05) is 30.0 Å². The van der Waals surface area contributed by atoms with Crippen LogP contribution in [0.2, 0.25) is 0 Å². The lowest BCUT2D eigenvalue weighted by molar-refractivity contribution is -0.384. The van der Waals surface area contributed by atoms with E-state index in [1.165, 1.54) is 40.9 Å². The van der Waals surface area contributed by atoms with E-state index in [9.17, 15) is 24.5 Å². The number of nitrogens with zero attached hydrogens (tertiary/aromatic N) is 2. The van der Waals surface area contributed by atoms with Crippen molar-refractivity contribution in [1.82, 2.24) is 15.8 Å². The average molecular weight is 515 g/mol. The molecule has 2 aromatic carbocycles. The van der Waals surface area contributed by atoms with Crippen LogP contribution >= 0.6 is 24.0 Å². The highest BCUT2D eigenvalue weighted by atomic mass is 32.2. The molecule has 0 spiro atoms. The van der Waals surface area contributed by atoms with E-state index in [0.29, 0.717) is 27.1 Å². The molecule has 0 bridgehead atoms. The average Bonchev–Trinajstić information content (AvgIpc) is 3.42. The van der Waals surface area contributed by atoms with Crippen LogP contribution in [0.5, 0.6) is 11.5 Å². The van der Waals surface area contributed by atoms with Gasteiger partial charge in [-0.2, -0.15) is 0 Å². The number of amides is 3. The normalized spacial score (nSPS) is 15.4. The number of hydrogen-bond donors (Lipinski definition) is 2. The van der Waals surface area contributed by atoms with Crippen LogP contribution in [-0.2, 0) is 9.59 Å². The predicted molar refractivity (Wildman–Crippen MR) is 130 cm³/mol. The molecule has 0 unspecified atom stereocenters. The molecule has 13 heteroatoms. The van der Waals surface area contributed by atoms with E-state index in [1.54, 1.807) is 18.2 Å². The van der Waals surface area contributed by atoms with Gasteiger partial charge >= 0.3 is 0 Å². The molecule has 2 aliphatic heterocycles. The van der Waals surface area contributed by atoms with Gasteiger partial charge in [-0.05, 0) is 42.3 Å². The maximum absolute atomic E-state index is 12.8. The number of carbonyl (C=O) groups excluding carboxylic acids is 3. The molecule has 2 aliphatic rings. The first-order valence-electron chi connectivity index (χ1n) is 10.3. The number of nitro groups is 1. The SMILES string of the molecule is O=C(CCCN1C(=O)/C(=C/c2ccc3c(c2)OCO3)SC1=S)NNC(=O)c1ccc([N+](=O)[O-])cc1. The van der Waals surface area contributed by atoms with Gasteiger partial charge in [-0.25, -0.2) is 0 Å². The van der Waals surface area contributed by atoms with Crippen molar-refractivity contribution in [1.29, 1.82) is 0 Å². The second-order valence-electron chi connectivity index (χ2n) is 7.36. The van der Waals surface area contributed by atoms with Gasteiger partial charge in [0, 0.05) is 30.7 Å². The van der Waals surface area contributed by atoms with Gasteiger partial charge in [0.15, 0.2) is 11.5 Å². The van der Waals surface area contributed by atoms with Crippen LogP contribution in [0, 0.1) is 10.1 Å². The molecule has 2 N–H and O–H groups in total. The van der Waals surface area contributed by atoms with Gasteiger partial charge in [0.2, 0.25) is 12.7 Å². The lowest BCUT2D eigenvalue weighted by Gasteiger charge is -2.14. The molecule has 2 heterocycles. The zero-order valence-corrected chi connectivity index (χ0v) is 19.6. The zero-order valence-electron chi connectivity index (χ0n) is 18.0. The quantitative estimate of drug-likeness (QED) is 0.247. The highest BCUT2D eigenvalue weighted by Gasteiger charge is 2.31. The third-order valence-corrected chi connectivity index (χ3v) is 6.39. The summed E-state index contributed by atoms with van der Waals surface area (Å²) in [7, 11) is 0. The van der Waals surface area contributed by atoms with Gasteiger partial charge in [-0.3, -0.25) is 40.2 Å². The number of benzene rings is 2. The largest absolute Gasteiger partial charge is 0.454 e. The van der Waals surface area contributed by atoms with Crippen LogP contribution in [0.4, 0.5) is 5.69 Å². The van der Waals surface area contributed by atoms with Crippen molar-refractivity contribution in [2.45, 2.75) is 12.8 Å². The van der Waals surface area contributed by atoms with E-state index in [1.807, 2.05) is 6.07 Å². The minimum Gasteiger partial charge on any atom is -0.454 e. The van der Waals surface area contributed by atoms with Gasteiger partial charge in [0.1, 0.15) is 4.32 Å². The molecular weight excluding hydrogens is 496 g/mol. The summed E-state index contributed by atoms with van der Waals surface area (Å²) in [6.45, 7) is 0.405. The molecule has 0 aliphatic carbocycles. The minimum absolute atomic E-state index is 0.0405. The number of hydrogen-bond acceptors (Lipinski definition) is 9. The number of nitro benzene ring substituents is 1. The first kappa shape index (κ1) is 24.2. The molecule has 1 saturated heterocycles. The molecule has 0 atom stereocenters. The Kier molecular flexibility index (Phi) is 7.27. The third kappa shape index (κ3) is 5.75. The lowest BCUT2D eigenvalue weighted by Crippen LogP contribution is -2.41. The topological polar surface area (TPSA) is 140 Å². The number of nitrogens with one attached hydrogen (secondary N) is 2. The molecule has 3 amide bonds. The molecule has 2 aromatic rings. The number of ether oxygens (including phenoxy) is 2. The van der Waals surface area contributed by atoms with E-state index in [0.717, 1.165) is 5.56 Å². The van der Waals surface area contributed by atoms with Crippen LogP contribution in [-0.4, -0.2) is 45.2 Å². The molecule has 0 saturated carbocycles. The lowest BCUT2D eigenvalue weighted by atomic mass is 10.2. The summed E-state index contributed by atoms with van der Waals surface area (Å²) in [4.78, 5) is 48.9. The van der Waals surface area contributed by atoms with Crippen LogP contribution in [0.15, 0.2) is 47.4 Å². The van der Waals surface area contributed by atoms with E-state index in [4.69, 9.17) is 21.7 Å². The van der Waals surface area contributed by atoms with Crippen molar-refractivity contribution in [3.8, 4) is 11.5 Å². The standard InChI is InChI=1S/C22H18N4O7S2/c27-19(23-24-20(28)14-4-6-15(7-5-14)26(30)31)2-1-9-25-21(29)18(35-22(25)34)11-13-3-8-16-17(10-13)33-12-32-16/h3-8,10-11H,1-2,9,12H2,(H,23,27)(H,24,28)/b18-11-. The summed E-state index contributed by atoms with van der Waals surface area (Å²) in [6.07, 6.45) is 2.09. The van der Waals surface area contributed by atoms with Crippen molar-refractivity contribution in [3.05, 3.63) is 68.6 Å². The first-order valence-corrected chi connectivity index (χ1v) is 11.5. The summed E-state index contributed by atoms with van der Waals surface area (Å²) in [6, 6.07) is 10.3. The van der Waals surface area contributed by atoms with Gasteiger partial charge in [0.05, 0.1) is 9.83 Å². The summed E-state index contributed by atoms with van der Waals surface area (Å²) in [5, 5.41) is 10.7. The van der Waals surface area contributed by atoms with Crippen molar-refractivity contribution in [2.75, 3.05) is 13.3 Å². The first-order chi connectivity index (χ1) is 16.8. The Balaban J connectivity index is 1.24. The number of hydrazine groups is 1. The second kappa shape index (κ2) is 10.5. The molecule has 0 radical (unpaired) electrons. The fourth-order valence-corrected chi connectivity index (χ4v) is 4.55. The molecule has 4 rings (SSSR count). The Hall–Kier alpha value is -3.97. The number of thiocarbonyl (C=S) groups is 1. The summed E-state index contributed by atoms with van der Waals surface area (Å²) < 4.78 is 11.0. The molecule has 1 fully saturated rings.